The molecule has 0 aliphatic carbocycles. The van der Waals surface area contributed by atoms with Crippen molar-refractivity contribution in [2.75, 3.05) is 0 Å². The molecule has 0 saturated heterocycles. The van der Waals surface area contributed by atoms with Gasteiger partial charge in [0, 0.05) is 12.1 Å². The van der Waals surface area contributed by atoms with Crippen molar-refractivity contribution in [1.82, 2.24) is 14.8 Å². The number of hydrogen-bond donors (Lipinski definition) is 1. The highest BCUT2D eigenvalue weighted by Crippen LogP contribution is 2.45. The first kappa shape index (κ1) is 18.8. The van der Waals surface area contributed by atoms with Gasteiger partial charge in [0.25, 0.3) is 5.69 Å². The minimum Gasteiger partial charge on any atom is -0.422 e. The van der Waals surface area contributed by atoms with E-state index >= 15 is 0 Å². The van der Waals surface area contributed by atoms with E-state index < -0.39 is 10.8 Å². The van der Waals surface area contributed by atoms with Crippen molar-refractivity contribution in [3.05, 3.63) is 86.9 Å². The van der Waals surface area contributed by atoms with Crippen LogP contribution in [0.4, 0.5) is 5.69 Å². The smallest absolute Gasteiger partial charge is 0.269 e. The molecule has 0 fully saturated rings. The number of thiazole rings is 1. The lowest BCUT2D eigenvalue weighted by molar-refractivity contribution is -0.384. The summed E-state index contributed by atoms with van der Waals surface area (Å²) in [5.41, 5.74) is 8.85. The second-order valence-electron chi connectivity index (χ2n) is 6.96. The van der Waals surface area contributed by atoms with Gasteiger partial charge in [-0.2, -0.15) is 15.0 Å². The number of nitrogens with two attached hydrogens (primary N) is 1. The molecule has 1 unspecified atom stereocenters. The van der Waals surface area contributed by atoms with Gasteiger partial charge in [0.2, 0.25) is 16.9 Å². The normalized spacial score (nSPS) is 15.4. The fourth-order valence-corrected chi connectivity index (χ4v) is 4.66. The molecule has 0 bridgehead atoms. The zero-order valence-electron chi connectivity index (χ0n) is 16.1. The summed E-state index contributed by atoms with van der Waals surface area (Å²) in [5, 5.41) is 26.3. The van der Waals surface area contributed by atoms with Gasteiger partial charge in [-0.05, 0) is 24.6 Å². The number of aryl methyl sites for hydroxylation is 1. The van der Waals surface area contributed by atoms with Gasteiger partial charge in [-0.25, -0.2) is 4.98 Å². The van der Waals surface area contributed by atoms with E-state index in [4.69, 9.17) is 10.5 Å². The Hall–Kier alpha value is -4.23. The van der Waals surface area contributed by atoms with Crippen molar-refractivity contribution in [1.29, 1.82) is 5.26 Å². The van der Waals surface area contributed by atoms with Crippen molar-refractivity contribution < 1.29 is 9.66 Å². The van der Waals surface area contributed by atoms with Crippen LogP contribution in [0.5, 0.6) is 5.88 Å². The van der Waals surface area contributed by atoms with E-state index in [9.17, 15) is 15.4 Å². The molecule has 4 aromatic rings. The van der Waals surface area contributed by atoms with Crippen LogP contribution in [0.1, 0.15) is 22.7 Å². The third-order valence-electron chi connectivity index (χ3n) is 5.11. The van der Waals surface area contributed by atoms with Crippen LogP contribution >= 0.6 is 11.3 Å². The summed E-state index contributed by atoms with van der Waals surface area (Å²) in [6.45, 7) is 1.80. The number of fused-ring (bicyclic) bond motifs is 2. The van der Waals surface area contributed by atoms with E-state index in [0.29, 0.717) is 27.8 Å². The van der Waals surface area contributed by atoms with Gasteiger partial charge >= 0.3 is 0 Å². The third-order valence-corrected chi connectivity index (χ3v) is 6.12. The molecule has 0 spiro atoms. The van der Waals surface area contributed by atoms with E-state index in [1.807, 2.05) is 24.3 Å². The number of nitro benzene ring substituents is 1. The number of allylic oxidation sites excluding steroid dienone is 1. The number of non-ortho nitro benzene ring substituents is 1. The number of nitrogens with zero attached hydrogens (tertiary/aromatic N) is 5. The number of hydrogen-bond acceptors (Lipinski definition) is 8. The van der Waals surface area contributed by atoms with E-state index in [-0.39, 0.29) is 17.1 Å². The van der Waals surface area contributed by atoms with Crippen molar-refractivity contribution in [3.8, 4) is 17.1 Å². The van der Waals surface area contributed by atoms with Crippen molar-refractivity contribution in [2.45, 2.75) is 12.8 Å². The van der Waals surface area contributed by atoms with Gasteiger partial charge in [-0.3, -0.25) is 10.1 Å². The summed E-state index contributed by atoms with van der Waals surface area (Å²) in [7, 11) is 0. The zero-order chi connectivity index (χ0) is 21.7. The summed E-state index contributed by atoms with van der Waals surface area (Å²) < 4.78 is 8.40. The molecule has 2 N–H and O–H groups in total. The van der Waals surface area contributed by atoms with E-state index in [0.717, 1.165) is 10.2 Å². The molecule has 152 valence electrons. The second kappa shape index (κ2) is 6.93. The monoisotopic (exact) mass is 430 g/mol. The highest BCUT2D eigenvalue weighted by atomic mass is 32.1. The molecular weight excluding hydrogens is 416 g/mol. The molecule has 0 radical (unpaired) electrons. The Morgan fingerprint density at radius 1 is 1.29 bits per heavy atom. The first-order valence-corrected chi connectivity index (χ1v) is 10.1. The molecule has 2 aromatic heterocycles. The Labute approximate surface area is 179 Å². The number of rotatable bonds is 3. The highest BCUT2D eigenvalue weighted by Gasteiger charge is 2.37. The number of nitro groups is 1. The maximum absolute atomic E-state index is 11.3. The lowest BCUT2D eigenvalue weighted by Gasteiger charge is -2.24. The molecule has 1 aliphatic heterocycles. The van der Waals surface area contributed by atoms with Gasteiger partial charge in [-0.15, -0.1) is 0 Å². The Bertz CT molecular complexity index is 1410. The zero-order valence-corrected chi connectivity index (χ0v) is 17.0. The first-order chi connectivity index (χ1) is 15.0. The summed E-state index contributed by atoms with van der Waals surface area (Å²) in [6, 6.07) is 16.0. The van der Waals surface area contributed by atoms with Crippen LogP contribution in [0.3, 0.4) is 0 Å². The largest absolute Gasteiger partial charge is 0.422 e. The van der Waals surface area contributed by atoms with Crippen LogP contribution in [0.25, 0.3) is 15.3 Å². The quantitative estimate of drug-likeness (QED) is 0.385. The van der Waals surface area contributed by atoms with Crippen LogP contribution in [0.15, 0.2) is 60.0 Å². The SMILES string of the molecule is Cc1nn(-c2nc3ccccc3s2)c2c1C(c1cccc([N+](=O)[O-])c1)C(C#N)=C(N)O2. The van der Waals surface area contributed by atoms with Crippen molar-refractivity contribution in [2.24, 2.45) is 5.73 Å². The van der Waals surface area contributed by atoms with Crippen LogP contribution < -0.4 is 10.5 Å². The van der Waals surface area contributed by atoms with E-state index in [1.54, 1.807) is 23.7 Å². The lowest BCUT2D eigenvalue weighted by Crippen LogP contribution is -2.22. The molecule has 1 atom stereocenters. The number of benzene rings is 2. The average Bonchev–Trinajstić information content (AvgIpc) is 3.33. The van der Waals surface area contributed by atoms with Gasteiger partial charge in [0.05, 0.1) is 32.3 Å². The topological polar surface area (TPSA) is 133 Å². The Balaban J connectivity index is 1.73. The molecule has 10 heteroatoms. The maximum Gasteiger partial charge on any atom is 0.269 e. The minimum atomic E-state index is -0.642. The lowest BCUT2D eigenvalue weighted by atomic mass is 9.84. The fraction of sp³-hybridized carbons (Fsp3) is 0.0952. The molecule has 1 aliphatic rings. The van der Waals surface area contributed by atoms with Gasteiger partial charge in [0.15, 0.2) is 0 Å². The maximum atomic E-state index is 11.3. The van der Waals surface area contributed by atoms with Crippen LogP contribution in [-0.4, -0.2) is 19.7 Å². The Kier molecular flexibility index (Phi) is 4.20. The summed E-state index contributed by atoms with van der Waals surface area (Å²) in [4.78, 5) is 15.5. The molecule has 0 amide bonds. The molecule has 3 heterocycles. The minimum absolute atomic E-state index is 0.0613. The van der Waals surface area contributed by atoms with Gasteiger partial charge in [-0.1, -0.05) is 35.6 Å². The predicted molar refractivity (Wildman–Crippen MR) is 114 cm³/mol. The number of ether oxygens (including phenoxy) is 1. The molecule has 9 nitrogen and oxygen atoms in total. The molecule has 0 saturated carbocycles. The highest BCUT2D eigenvalue weighted by molar-refractivity contribution is 7.20. The van der Waals surface area contributed by atoms with Gasteiger partial charge in [0.1, 0.15) is 11.6 Å². The fourth-order valence-electron chi connectivity index (χ4n) is 3.75. The van der Waals surface area contributed by atoms with Crippen LogP contribution in [0, 0.1) is 28.4 Å². The Morgan fingerprint density at radius 2 is 2.10 bits per heavy atom. The Morgan fingerprint density at radius 3 is 2.84 bits per heavy atom. The predicted octanol–water partition coefficient (Wildman–Crippen LogP) is 3.92. The van der Waals surface area contributed by atoms with Gasteiger partial charge < -0.3 is 10.5 Å². The molecule has 31 heavy (non-hydrogen) atoms. The standard InChI is InChI=1S/C21H14N6O3S/c1-11-17-18(12-5-4-6-13(9-12)27(28)29)14(10-22)19(23)30-20(17)26(25-11)21-24-15-7-2-3-8-16(15)31-21/h2-9,18H,23H2,1H3. The van der Waals surface area contributed by atoms with Crippen molar-refractivity contribution >= 4 is 27.2 Å². The number of aromatic nitrogens is 3. The van der Waals surface area contributed by atoms with E-state index in [1.165, 1.54) is 23.5 Å². The summed E-state index contributed by atoms with van der Waals surface area (Å²) >= 11 is 1.45. The molecule has 2 aromatic carbocycles. The van der Waals surface area contributed by atoms with Crippen LogP contribution in [0.2, 0.25) is 0 Å². The first-order valence-electron chi connectivity index (χ1n) is 9.25. The third kappa shape index (κ3) is 2.91. The average molecular weight is 430 g/mol. The van der Waals surface area contributed by atoms with Crippen molar-refractivity contribution in [3.63, 3.8) is 0 Å². The number of para-hydroxylation sites is 1. The molecular formula is C21H14N6O3S. The summed E-state index contributed by atoms with van der Waals surface area (Å²) in [5.74, 6) is -0.352. The van der Waals surface area contributed by atoms with Crippen LogP contribution in [-0.2, 0) is 0 Å². The second-order valence-corrected chi connectivity index (χ2v) is 7.97. The van der Waals surface area contributed by atoms with E-state index in [2.05, 4.69) is 16.2 Å². The summed E-state index contributed by atoms with van der Waals surface area (Å²) in [6.07, 6.45) is 0. The molecule has 5 rings (SSSR count). The number of nitriles is 1.